The van der Waals surface area contributed by atoms with E-state index in [1.54, 1.807) is 30.3 Å². The van der Waals surface area contributed by atoms with E-state index in [2.05, 4.69) is 36.0 Å². The highest BCUT2D eigenvalue weighted by molar-refractivity contribution is 6.02. The van der Waals surface area contributed by atoms with Crippen molar-refractivity contribution in [1.29, 1.82) is 0 Å². The van der Waals surface area contributed by atoms with Crippen molar-refractivity contribution < 1.29 is 31.5 Å². The summed E-state index contributed by atoms with van der Waals surface area (Å²) in [4.78, 5) is 14.3. The van der Waals surface area contributed by atoms with Gasteiger partial charge in [0.15, 0.2) is 5.82 Å². The van der Waals surface area contributed by atoms with Crippen LogP contribution in [0.25, 0.3) is 22.5 Å². The van der Waals surface area contributed by atoms with E-state index in [1.165, 1.54) is 17.0 Å². The van der Waals surface area contributed by atoms with E-state index < -0.39 is 30.6 Å². The monoisotopic (exact) mass is 545 g/mol. The number of ether oxygens (including phenoxy) is 1. The number of aromatic amines is 1. The van der Waals surface area contributed by atoms with Crippen LogP contribution in [0.2, 0.25) is 0 Å². The highest BCUT2D eigenvalue weighted by atomic mass is 19.4. The molecule has 0 aliphatic carbocycles. The maximum Gasteiger partial charge on any atom is 0.573 e. The van der Waals surface area contributed by atoms with Crippen LogP contribution in [0.3, 0.4) is 0 Å². The molecule has 3 aromatic carbocycles. The average molecular weight is 545 g/mol. The highest BCUT2D eigenvalue weighted by Gasteiger charge is 2.39. The molecule has 14 heteroatoms. The predicted molar refractivity (Wildman–Crippen MR) is 133 cm³/mol. The number of amides is 2. The summed E-state index contributed by atoms with van der Waals surface area (Å²) in [6, 6.07) is 16.1. The van der Waals surface area contributed by atoms with E-state index in [0.717, 1.165) is 17.7 Å². The zero-order chi connectivity index (χ0) is 27.6. The van der Waals surface area contributed by atoms with Crippen LogP contribution in [0.4, 0.5) is 43.8 Å². The number of halogens is 5. The minimum Gasteiger partial charge on any atom is -0.406 e. The molecule has 2 amide bonds. The summed E-state index contributed by atoms with van der Waals surface area (Å²) in [5.74, 6) is -2.90. The van der Waals surface area contributed by atoms with Crippen LogP contribution in [0, 0.1) is 0 Å². The Balaban J connectivity index is 1.43. The Morgan fingerprint density at radius 2 is 1.74 bits per heavy atom. The quantitative estimate of drug-likeness (QED) is 0.260. The summed E-state index contributed by atoms with van der Waals surface area (Å²) in [6.07, 6.45) is -5.17. The van der Waals surface area contributed by atoms with Gasteiger partial charge >= 0.3 is 12.4 Å². The average Bonchev–Trinajstić information content (AvgIpc) is 3.54. The fourth-order valence-electron chi connectivity index (χ4n) is 4.26. The first kappa shape index (κ1) is 25.9. The number of nitrogens with one attached hydrogen (secondary N) is 3. The maximum absolute atomic E-state index is 14.0. The molecule has 5 rings (SSSR count). The second-order valence-corrected chi connectivity index (χ2v) is 8.71. The molecule has 202 valence electrons. The van der Waals surface area contributed by atoms with Crippen molar-refractivity contribution in [3.05, 3.63) is 66.7 Å². The molecule has 9 nitrogen and oxygen atoms in total. The Labute approximate surface area is 218 Å². The number of tetrazole rings is 1. The molecule has 0 bridgehead atoms. The summed E-state index contributed by atoms with van der Waals surface area (Å²) in [7, 11) is 0. The third-order valence-corrected chi connectivity index (χ3v) is 5.94. The summed E-state index contributed by atoms with van der Waals surface area (Å²) in [5, 5.41) is 19.1. The Hall–Kier alpha value is -4.75. The number of anilines is 3. The summed E-state index contributed by atoms with van der Waals surface area (Å²) < 4.78 is 69.1. The van der Waals surface area contributed by atoms with Crippen LogP contribution in [0.5, 0.6) is 5.75 Å². The number of alkyl halides is 5. The van der Waals surface area contributed by atoms with Gasteiger partial charge in [-0.15, -0.1) is 18.3 Å². The number of carbonyl (C=O) groups is 1. The number of hydrogen-bond acceptors (Lipinski definition) is 6. The fourth-order valence-corrected chi connectivity index (χ4v) is 4.26. The molecule has 39 heavy (non-hydrogen) atoms. The largest absolute Gasteiger partial charge is 0.573 e. The Morgan fingerprint density at radius 1 is 1.00 bits per heavy atom. The number of nitrogens with zero attached hydrogens (tertiary/aromatic N) is 4. The van der Waals surface area contributed by atoms with Gasteiger partial charge in [-0.3, -0.25) is 0 Å². The molecule has 1 fully saturated rings. The lowest BCUT2D eigenvalue weighted by atomic mass is 9.98. The number of urea groups is 1. The van der Waals surface area contributed by atoms with Gasteiger partial charge in [0.25, 0.3) is 5.92 Å². The Bertz CT molecular complexity index is 1460. The molecule has 1 aromatic heterocycles. The van der Waals surface area contributed by atoms with E-state index in [0.29, 0.717) is 22.6 Å². The predicted octanol–water partition coefficient (Wildman–Crippen LogP) is 5.92. The van der Waals surface area contributed by atoms with Gasteiger partial charge in [-0.05, 0) is 58.0 Å². The summed E-state index contributed by atoms with van der Waals surface area (Å²) >= 11 is 0. The normalized spacial score (nSPS) is 14.7. The Kier molecular flexibility index (Phi) is 6.76. The lowest BCUT2D eigenvalue weighted by Gasteiger charge is -2.23. The summed E-state index contributed by atoms with van der Waals surface area (Å²) in [6.45, 7) is -0.423. The summed E-state index contributed by atoms with van der Waals surface area (Å²) in [5.41, 5.74) is 2.89. The van der Waals surface area contributed by atoms with Crippen LogP contribution in [-0.2, 0) is 0 Å². The first-order chi connectivity index (χ1) is 18.6. The zero-order valence-electron chi connectivity index (χ0n) is 20.0. The van der Waals surface area contributed by atoms with Gasteiger partial charge in [-0.1, -0.05) is 30.3 Å². The van der Waals surface area contributed by atoms with Crippen molar-refractivity contribution in [2.75, 3.05) is 28.6 Å². The van der Waals surface area contributed by atoms with E-state index in [1.807, 2.05) is 12.1 Å². The molecule has 1 saturated heterocycles. The maximum atomic E-state index is 14.0. The lowest BCUT2D eigenvalue weighted by molar-refractivity contribution is -0.274. The smallest absolute Gasteiger partial charge is 0.406 e. The number of hydrogen-bond donors (Lipinski definition) is 3. The number of H-pyrrole nitrogens is 1. The first-order valence-electron chi connectivity index (χ1n) is 11.6. The number of aromatic nitrogens is 4. The molecule has 0 unspecified atom stereocenters. The van der Waals surface area contributed by atoms with Crippen molar-refractivity contribution in [3.63, 3.8) is 0 Å². The molecule has 2 heterocycles. The molecular formula is C25H20F5N7O2. The van der Waals surface area contributed by atoms with Crippen LogP contribution in [-0.4, -0.2) is 52.0 Å². The SMILES string of the molecule is O=C(Nc1ccc(OC(F)(F)F)cc1)Nc1cc(-c2ccccc2-c2nnn[nH]2)ccc1N1CCC(F)(F)C1. The third kappa shape index (κ3) is 6.22. The topological polar surface area (TPSA) is 108 Å². The van der Waals surface area contributed by atoms with Gasteiger partial charge in [-0.2, -0.15) is 0 Å². The van der Waals surface area contributed by atoms with Crippen molar-refractivity contribution in [3.8, 4) is 28.3 Å². The van der Waals surface area contributed by atoms with Crippen molar-refractivity contribution in [1.82, 2.24) is 20.6 Å². The van der Waals surface area contributed by atoms with E-state index >= 15 is 0 Å². The fraction of sp³-hybridized carbons (Fsp3) is 0.200. The molecule has 1 aliphatic heterocycles. The van der Waals surface area contributed by atoms with Crippen molar-refractivity contribution in [2.24, 2.45) is 0 Å². The zero-order valence-corrected chi connectivity index (χ0v) is 20.0. The standard InChI is InChI=1S/C25H20F5N7O2/c26-24(27)11-12-37(14-24)21-10-5-15(18-3-1-2-4-19(18)22-33-35-36-34-22)13-20(21)32-23(38)31-16-6-8-17(9-7-16)39-25(28,29)30/h1-10,13H,11-12,14H2,(H2,31,32,38)(H,33,34,35,36). The molecule has 3 N–H and O–H groups in total. The van der Waals surface area contributed by atoms with E-state index in [-0.39, 0.29) is 24.3 Å². The Morgan fingerprint density at radius 3 is 2.38 bits per heavy atom. The molecule has 0 radical (unpaired) electrons. The van der Waals surface area contributed by atoms with Gasteiger partial charge < -0.3 is 20.3 Å². The number of carbonyl (C=O) groups excluding carboxylic acids is 1. The van der Waals surface area contributed by atoms with Gasteiger partial charge in [-0.25, -0.2) is 18.7 Å². The molecule has 0 atom stereocenters. The molecule has 0 spiro atoms. The second kappa shape index (κ2) is 10.2. The first-order valence-corrected chi connectivity index (χ1v) is 11.6. The van der Waals surface area contributed by atoms with Gasteiger partial charge in [0.05, 0.1) is 17.9 Å². The molecule has 0 saturated carbocycles. The van der Waals surface area contributed by atoms with Crippen LogP contribution in [0.1, 0.15) is 6.42 Å². The molecule has 1 aliphatic rings. The lowest BCUT2D eigenvalue weighted by Crippen LogP contribution is -2.27. The number of rotatable bonds is 6. The molecule has 4 aromatic rings. The van der Waals surface area contributed by atoms with E-state index in [9.17, 15) is 26.7 Å². The van der Waals surface area contributed by atoms with Gasteiger partial charge in [0, 0.05) is 24.2 Å². The van der Waals surface area contributed by atoms with E-state index in [4.69, 9.17) is 0 Å². The number of benzene rings is 3. The minimum absolute atomic E-state index is 0.0869. The second-order valence-electron chi connectivity index (χ2n) is 8.71. The van der Waals surface area contributed by atoms with Crippen molar-refractivity contribution >= 4 is 23.1 Å². The third-order valence-electron chi connectivity index (χ3n) is 5.94. The van der Waals surface area contributed by atoms with Crippen LogP contribution >= 0.6 is 0 Å². The van der Waals surface area contributed by atoms with Gasteiger partial charge in [0.2, 0.25) is 0 Å². The van der Waals surface area contributed by atoms with Gasteiger partial charge in [0.1, 0.15) is 5.75 Å². The van der Waals surface area contributed by atoms with Crippen LogP contribution < -0.4 is 20.3 Å². The highest BCUT2D eigenvalue weighted by Crippen LogP contribution is 2.39. The van der Waals surface area contributed by atoms with Crippen molar-refractivity contribution in [2.45, 2.75) is 18.7 Å². The minimum atomic E-state index is -4.84. The van der Waals surface area contributed by atoms with Crippen LogP contribution in [0.15, 0.2) is 66.7 Å². The molecular weight excluding hydrogens is 525 g/mol.